The van der Waals surface area contributed by atoms with Gasteiger partial charge in [0.25, 0.3) is 11.5 Å². The molecule has 7 nitrogen and oxygen atoms in total. The highest BCUT2D eigenvalue weighted by atomic mass is 32.2. The Bertz CT molecular complexity index is 885. The number of rotatable bonds is 8. The molecule has 0 saturated heterocycles. The zero-order chi connectivity index (χ0) is 20.8. The highest BCUT2D eigenvalue weighted by molar-refractivity contribution is 7.99. The van der Waals surface area contributed by atoms with E-state index >= 15 is 0 Å². The van der Waals surface area contributed by atoms with Crippen LogP contribution in [-0.4, -0.2) is 38.8 Å². The second kappa shape index (κ2) is 9.64. The summed E-state index contributed by atoms with van der Waals surface area (Å²) < 4.78 is 8.39. The van der Waals surface area contributed by atoms with Crippen LogP contribution in [0.4, 0.5) is 5.69 Å². The van der Waals surface area contributed by atoms with Crippen LogP contribution in [0, 0.1) is 6.92 Å². The molecule has 0 aliphatic carbocycles. The largest absolute Gasteiger partial charge is 0.452 e. The van der Waals surface area contributed by atoms with Gasteiger partial charge in [-0.25, -0.2) is 4.68 Å². The first-order valence-corrected chi connectivity index (χ1v) is 10.5. The van der Waals surface area contributed by atoms with Gasteiger partial charge in [-0.3, -0.25) is 19.1 Å². The maximum absolute atomic E-state index is 12.8. The van der Waals surface area contributed by atoms with Gasteiger partial charge in [-0.2, -0.15) is 11.8 Å². The maximum Gasteiger partial charge on any atom is 0.307 e. The molecule has 0 radical (unpaired) electrons. The standard InChI is InChI=1S/C20H27N3O4S/c1-6-16(28-5)12-17(24)27-14(3)19(25)21-18-13(2)22(4)23(20(18)26)15-10-8-7-9-11-15/h7-11,14,16H,6,12H2,1-5H3,(H,21,25)/t14-,16-/m0/s1. The average molecular weight is 406 g/mol. The van der Waals surface area contributed by atoms with Crippen LogP contribution in [0.5, 0.6) is 0 Å². The van der Waals surface area contributed by atoms with Crippen molar-refractivity contribution in [2.24, 2.45) is 7.05 Å². The van der Waals surface area contributed by atoms with Crippen LogP contribution in [0.15, 0.2) is 35.1 Å². The van der Waals surface area contributed by atoms with Crippen molar-refractivity contribution in [3.8, 4) is 5.69 Å². The molecule has 1 heterocycles. The maximum atomic E-state index is 12.8. The van der Waals surface area contributed by atoms with Crippen molar-refractivity contribution in [2.75, 3.05) is 11.6 Å². The highest BCUT2D eigenvalue weighted by Crippen LogP contribution is 2.17. The number of para-hydroxylation sites is 1. The Labute approximate surface area is 169 Å². The number of carbonyl (C=O) groups is 2. The van der Waals surface area contributed by atoms with Crippen molar-refractivity contribution in [3.63, 3.8) is 0 Å². The number of esters is 1. The summed E-state index contributed by atoms with van der Waals surface area (Å²) in [6.45, 7) is 5.25. The third-order valence-electron chi connectivity index (χ3n) is 4.66. The number of carbonyl (C=O) groups excluding carboxylic acids is 2. The Kier molecular flexibility index (Phi) is 7.51. The molecule has 0 aliphatic rings. The molecular weight excluding hydrogens is 378 g/mol. The van der Waals surface area contributed by atoms with E-state index in [2.05, 4.69) is 5.32 Å². The van der Waals surface area contributed by atoms with Gasteiger partial charge in [-0.05, 0) is 38.7 Å². The zero-order valence-electron chi connectivity index (χ0n) is 16.9. The third kappa shape index (κ3) is 4.86. The summed E-state index contributed by atoms with van der Waals surface area (Å²) in [6, 6.07) is 9.16. The number of hydrogen-bond acceptors (Lipinski definition) is 5. The first kappa shape index (κ1) is 21.8. The van der Waals surface area contributed by atoms with Gasteiger partial charge in [0.2, 0.25) is 0 Å². The number of amides is 1. The van der Waals surface area contributed by atoms with Crippen LogP contribution in [0.25, 0.3) is 5.69 Å². The van der Waals surface area contributed by atoms with Crippen molar-refractivity contribution >= 4 is 29.3 Å². The Morgan fingerprint density at radius 3 is 2.46 bits per heavy atom. The van der Waals surface area contributed by atoms with Crippen molar-refractivity contribution in [3.05, 3.63) is 46.4 Å². The number of anilines is 1. The fraction of sp³-hybridized carbons (Fsp3) is 0.450. The Morgan fingerprint density at radius 2 is 1.89 bits per heavy atom. The van der Waals surface area contributed by atoms with Gasteiger partial charge >= 0.3 is 5.97 Å². The molecule has 1 amide bonds. The van der Waals surface area contributed by atoms with E-state index in [0.717, 1.165) is 6.42 Å². The van der Waals surface area contributed by atoms with Crippen molar-refractivity contribution < 1.29 is 14.3 Å². The van der Waals surface area contributed by atoms with E-state index in [-0.39, 0.29) is 22.9 Å². The lowest BCUT2D eigenvalue weighted by Crippen LogP contribution is -2.32. The van der Waals surface area contributed by atoms with Crippen LogP contribution in [0.3, 0.4) is 0 Å². The van der Waals surface area contributed by atoms with E-state index in [9.17, 15) is 14.4 Å². The molecule has 152 valence electrons. The molecule has 0 saturated carbocycles. The van der Waals surface area contributed by atoms with Crippen molar-refractivity contribution in [2.45, 2.75) is 45.0 Å². The molecule has 1 N–H and O–H groups in total. The Morgan fingerprint density at radius 1 is 1.25 bits per heavy atom. The van der Waals surface area contributed by atoms with Gasteiger partial charge in [0.15, 0.2) is 6.10 Å². The van der Waals surface area contributed by atoms with Gasteiger partial charge in [0, 0.05) is 12.3 Å². The van der Waals surface area contributed by atoms with Crippen LogP contribution >= 0.6 is 11.8 Å². The van der Waals surface area contributed by atoms with E-state index in [1.807, 2.05) is 43.5 Å². The van der Waals surface area contributed by atoms with E-state index in [4.69, 9.17) is 4.74 Å². The van der Waals surface area contributed by atoms with E-state index in [1.54, 1.807) is 30.4 Å². The molecule has 2 aromatic rings. The fourth-order valence-electron chi connectivity index (χ4n) is 2.82. The summed E-state index contributed by atoms with van der Waals surface area (Å²) >= 11 is 1.59. The summed E-state index contributed by atoms with van der Waals surface area (Å²) in [5.74, 6) is -0.952. The van der Waals surface area contributed by atoms with E-state index in [1.165, 1.54) is 11.6 Å². The number of nitrogens with zero attached hydrogens (tertiary/aromatic N) is 2. The summed E-state index contributed by atoms with van der Waals surface area (Å²) in [5.41, 5.74) is 1.14. The molecule has 2 atom stereocenters. The average Bonchev–Trinajstić information content (AvgIpc) is 2.89. The van der Waals surface area contributed by atoms with Gasteiger partial charge in [0.05, 0.1) is 17.8 Å². The smallest absolute Gasteiger partial charge is 0.307 e. The Balaban J connectivity index is 2.14. The number of nitrogens with one attached hydrogen (secondary N) is 1. The first-order chi connectivity index (χ1) is 13.3. The number of benzene rings is 1. The molecule has 0 bridgehead atoms. The lowest BCUT2D eigenvalue weighted by atomic mass is 10.2. The number of ether oxygens (including phenoxy) is 1. The predicted molar refractivity (Wildman–Crippen MR) is 112 cm³/mol. The molecule has 2 rings (SSSR count). The summed E-state index contributed by atoms with van der Waals surface area (Å²) in [4.78, 5) is 37.3. The third-order valence-corrected chi connectivity index (χ3v) is 5.83. The summed E-state index contributed by atoms with van der Waals surface area (Å²) in [6.07, 6.45) is 2.05. The molecular formula is C20H27N3O4S. The zero-order valence-corrected chi connectivity index (χ0v) is 17.7. The van der Waals surface area contributed by atoms with Gasteiger partial charge < -0.3 is 10.1 Å². The SMILES string of the molecule is CC[C@@H](CC(=O)O[C@@H](C)C(=O)Nc1c(C)n(C)n(-c2ccccc2)c1=O)SC. The lowest BCUT2D eigenvalue weighted by molar-refractivity contribution is -0.153. The summed E-state index contributed by atoms with van der Waals surface area (Å²) in [5, 5.41) is 2.78. The number of aromatic nitrogens is 2. The second-order valence-corrected chi connectivity index (χ2v) is 7.67. The molecule has 1 aromatic carbocycles. The molecule has 28 heavy (non-hydrogen) atoms. The minimum atomic E-state index is -0.990. The second-order valence-electron chi connectivity index (χ2n) is 6.53. The van der Waals surface area contributed by atoms with Crippen LogP contribution in [0.1, 0.15) is 32.4 Å². The van der Waals surface area contributed by atoms with E-state index in [0.29, 0.717) is 11.4 Å². The van der Waals surface area contributed by atoms with Crippen molar-refractivity contribution in [1.82, 2.24) is 9.36 Å². The molecule has 8 heteroatoms. The first-order valence-electron chi connectivity index (χ1n) is 9.17. The molecule has 0 fully saturated rings. The summed E-state index contributed by atoms with van der Waals surface area (Å²) in [7, 11) is 1.75. The fourth-order valence-corrected chi connectivity index (χ4v) is 3.45. The van der Waals surface area contributed by atoms with Crippen LogP contribution < -0.4 is 10.9 Å². The minimum absolute atomic E-state index is 0.164. The highest BCUT2D eigenvalue weighted by Gasteiger charge is 2.24. The van der Waals surface area contributed by atoms with Crippen molar-refractivity contribution in [1.29, 1.82) is 0 Å². The normalized spacial score (nSPS) is 13.0. The molecule has 0 spiro atoms. The predicted octanol–water partition coefficient (Wildman–Crippen LogP) is 2.89. The Hall–Kier alpha value is -2.48. The van der Waals surface area contributed by atoms with Gasteiger partial charge in [-0.15, -0.1) is 0 Å². The number of thioether (sulfide) groups is 1. The molecule has 0 aliphatic heterocycles. The monoisotopic (exact) mass is 405 g/mol. The molecule has 1 aromatic heterocycles. The van der Waals surface area contributed by atoms with E-state index < -0.39 is 18.0 Å². The minimum Gasteiger partial charge on any atom is -0.452 e. The van der Waals surface area contributed by atoms with Crippen LogP contribution in [-0.2, 0) is 21.4 Å². The topological polar surface area (TPSA) is 82.3 Å². The lowest BCUT2D eigenvalue weighted by Gasteiger charge is -2.15. The quantitative estimate of drug-likeness (QED) is 0.683. The molecule has 0 unspecified atom stereocenters. The van der Waals surface area contributed by atoms with Crippen LogP contribution in [0.2, 0.25) is 0 Å². The van der Waals surface area contributed by atoms with Gasteiger partial charge in [-0.1, -0.05) is 25.1 Å². The van der Waals surface area contributed by atoms with Gasteiger partial charge in [0.1, 0.15) is 5.69 Å². The number of hydrogen-bond donors (Lipinski definition) is 1.